The van der Waals surface area contributed by atoms with E-state index < -0.39 is 20.7 Å². The zero-order valence-electron chi connectivity index (χ0n) is 19.6. The first-order valence-electron chi connectivity index (χ1n) is 11.8. The molecule has 1 saturated carbocycles. The summed E-state index contributed by atoms with van der Waals surface area (Å²) in [6.45, 7) is 7.60. The van der Waals surface area contributed by atoms with Crippen LogP contribution < -0.4 is 14.4 Å². The Kier molecular flexibility index (Phi) is 7.97. The quantitative estimate of drug-likeness (QED) is 0.605. The number of hydrogen-bond donors (Lipinski definition) is 1. The van der Waals surface area contributed by atoms with Gasteiger partial charge < -0.3 is 9.64 Å². The first-order chi connectivity index (χ1) is 16.2. The van der Waals surface area contributed by atoms with Crippen LogP contribution in [0.2, 0.25) is 5.02 Å². The molecule has 1 aromatic carbocycles. The maximum Gasteiger partial charge on any atom is 0.243 e. The molecule has 10 heteroatoms. The van der Waals surface area contributed by atoms with Crippen LogP contribution in [0.1, 0.15) is 39.5 Å². The van der Waals surface area contributed by atoms with Gasteiger partial charge in [0.05, 0.1) is 6.10 Å². The standard InChI is InChI=1S/C24H32ClFN4O3S/c1-17(2)33-22-4-3-11-27-24(22)30-14-12-29(13-15-30)20-8-6-19(7-9-20)28-34(31,32)23-16-18(25)5-10-21(23)26/h3-5,10-11,16-17,19-20,28H,6-9,12-15H2,1-2H3/t19-,20+. The summed E-state index contributed by atoms with van der Waals surface area (Å²) in [7, 11) is -3.95. The molecule has 2 aromatic rings. The Morgan fingerprint density at radius 1 is 1.12 bits per heavy atom. The van der Waals surface area contributed by atoms with Crippen molar-refractivity contribution in [3.8, 4) is 5.75 Å². The first-order valence-corrected chi connectivity index (χ1v) is 13.7. The lowest BCUT2D eigenvalue weighted by Gasteiger charge is -2.42. The third kappa shape index (κ3) is 6.00. The van der Waals surface area contributed by atoms with Crippen molar-refractivity contribution in [2.75, 3.05) is 31.1 Å². The smallest absolute Gasteiger partial charge is 0.243 e. The number of pyridine rings is 1. The normalized spacial score (nSPS) is 22.2. The molecule has 0 amide bonds. The van der Waals surface area contributed by atoms with E-state index in [1.165, 1.54) is 6.07 Å². The number of ether oxygens (including phenoxy) is 1. The average molecular weight is 511 g/mol. The van der Waals surface area contributed by atoms with Gasteiger partial charge in [0.25, 0.3) is 0 Å². The van der Waals surface area contributed by atoms with Gasteiger partial charge in [-0.15, -0.1) is 0 Å². The Hall–Kier alpha value is -1.94. The third-order valence-electron chi connectivity index (χ3n) is 6.45. The second-order valence-electron chi connectivity index (χ2n) is 9.22. The van der Waals surface area contributed by atoms with Crippen LogP contribution in [0.3, 0.4) is 0 Å². The lowest BCUT2D eigenvalue weighted by molar-refractivity contribution is 0.139. The van der Waals surface area contributed by atoms with Crippen LogP contribution in [0.5, 0.6) is 5.75 Å². The van der Waals surface area contributed by atoms with Gasteiger partial charge in [-0.1, -0.05) is 11.6 Å². The lowest BCUT2D eigenvalue weighted by atomic mass is 9.90. The molecule has 1 saturated heterocycles. The Labute approximate surface area is 206 Å². The molecule has 2 heterocycles. The minimum atomic E-state index is -3.95. The number of benzene rings is 1. The summed E-state index contributed by atoms with van der Waals surface area (Å²) in [5.41, 5.74) is 0. The van der Waals surface area contributed by atoms with Crippen molar-refractivity contribution in [3.05, 3.63) is 47.4 Å². The average Bonchev–Trinajstić information content (AvgIpc) is 2.81. The topological polar surface area (TPSA) is 74.8 Å². The van der Waals surface area contributed by atoms with Gasteiger partial charge in [-0.2, -0.15) is 0 Å². The van der Waals surface area contributed by atoms with Crippen molar-refractivity contribution < 1.29 is 17.5 Å². The van der Waals surface area contributed by atoms with E-state index >= 15 is 0 Å². The van der Waals surface area contributed by atoms with E-state index in [1.54, 1.807) is 6.20 Å². The summed E-state index contributed by atoms with van der Waals surface area (Å²) in [6, 6.07) is 7.65. The highest BCUT2D eigenvalue weighted by Gasteiger charge is 2.32. The molecule has 2 fully saturated rings. The molecule has 0 spiro atoms. The van der Waals surface area contributed by atoms with Gasteiger partial charge in [0.2, 0.25) is 10.0 Å². The van der Waals surface area contributed by atoms with Crippen LogP contribution in [-0.2, 0) is 10.0 Å². The van der Waals surface area contributed by atoms with Gasteiger partial charge in [-0.05, 0) is 69.9 Å². The number of sulfonamides is 1. The maximum atomic E-state index is 14.1. The van der Waals surface area contributed by atoms with Crippen molar-refractivity contribution in [2.45, 2.75) is 62.6 Å². The number of anilines is 1. The van der Waals surface area contributed by atoms with E-state index in [1.807, 2.05) is 26.0 Å². The highest BCUT2D eigenvalue weighted by molar-refractivity contribution is 7.89. The Morgan fingerprint density at radius 2 is 1.82 bits per heavy atom. The zero-order valence-corrected chi connectivity index (χ0v) is 21.2. The van der Waals surface area contributed by atoms with Crippen LogP contribution in [0.4, 0.5) is 10.2 Å². The van der Waals surface area contributed by atoms with Gasteiger partial charge >= 0.3 is 0 Å². The van der Waals surface area contributed by atoms with Crippen LogP contribution in [0.15, 0.2) is 41.4 Å². The van der Waals surface area contributed by atoms with Gasteiger partial charge in [0.15, 0.2) is 11.6 Å². The number of nitrogens with zero attached hydrogens (tertiary/aromatic N) is 3. The van der Waals surface area contributed by atoms with Crippen LogP contribution in [0.25, 0.3) is 0 Å². The molecule has 0 unspecified atom stereocenters. The summed E-state index contributed by atoms with van der Waals surface area (Å²) < 4.78 is 48.0. The Morgan fingerprint density at radius 3 is 2.50 bits per heavy atom. The van der Waals surface area contributed by atoms with Crippen LogP contribution in [0, 0.1) is 5.82 Å². The molecule has 1 aromatic heterocycles. The number of rotatable bonds is 7. The monoisotopic (exact) mass is 510 g/mol. The molecule has 186 valence electrons. The molecule has 0 atom stereocenters. The van der Waals surface area contributed by atoms with Crippen molar-refractivity contribution in [3.63, 3.8) is 0 Å². The molecule has 0 bridgehead atoms. The van der Waals surface area contributed by atoms with Crippen molar-refractivity contribution in [2.24, 2.45) is 0 Å². The molecule has 1 aliphatic carbocycles. The van der Waals surface area contributed by atoms with Gasteiger partial charge in [0, 0.05) is 49.5 Å². The fraction of sp³-hybridized carbons (Fsp3) is 0.542. The molecule has 0 radical (unpaired) electrons. The number of halogens is 2. The fourth-order valence-electron chi connectivity index (χ4n) is 4.79. The molecule has 34 heavy (non-hydrogen) atoms. The molecule has 1 N–H and O–H groups in total. The van der Waals surface area contributed by atoms with E-state index in [-0.39, 0.29) is 17.2 Å². The minimum Gasteiger partial charge on any atom is -0.487 e. The molecular formula is C24H32ClFN4O3S. The second kappa shape index (κ2) is 10.8. The van der Waals surface area contributed by atoms with E-state index in [0.29, 0.717) is 6.04 Å². The zero-order chi connectivity index (χ0) is 24.3. The molecule has 7 nitrogen and oxygen atoms in total. The SMILES string of the molecule is CC(C)Oc1cccnc1N1CCN([C@H]2CC[C@@H](NS(=O)(=O)c3cc(Cl)ccc3F)CC2)CC1. The molecule has 2 aliphatic rings. The largest absolute Gasteiger partial charge is 0.487 e. The fourth-order valence-corrected chi connectivity index (χ4v) is 6.43. The summed E-state index contributed by atoms with van der Waals surface area (Å²) >= 11 is 5.87. The van der Waals surface area contributed by atoms with Gasteiger partial charge in [-0.3, -0.25) is 4.90 Å². The molecule has 4 rings (SSSR count). The Bertz CT molecular complexity index is 1090. The number of piperazine rings is 1. The van der Waals surface area contributed by atoms with E-state index in [2.05, 4.69) is 19.5 Å². The highest BCUT2D eigenvalue weighted by Crippen LogP contribution is 2.30. The van der Waals surface area contributed by atoms with E-state index in [4.69, 9.17) is 16.3 Å². The summed E-state index contributed by atoms with van der Waals surface area (Å²) in [5, 5.41) is 0.193. The number of hydrogen-bond acceptors (Lipinski definition) is 6. The molecule has 1 aliphatic heterocycles. The minimum absolute atomic E-state index is 0.0900. The van der Waals surface area contributed by atoms with Crippen molar-refractivity contribution in [1.29, 1.82) is 0 Å². The number of nitrogens with one attached hydrogen (secondary N) is 1. The van der Waals surface area contributed by atoms with Crippen LogP contribution >= 0.6 is 11.6 Å². The van der Waals surface area contributed by atoms with Crippen molar-refractivity contribution in [1.82, 2.24) is 14.6 Å². The van der Waals surface area contributed by atoms with Gasteiger partial charge in [-0.25, -0.2) is 22.5 Å². The highest BCUT2D eigenvalue weighted by atomic mass is 35.5. The molecular weight excluding hydrogens is 479 g/mol. The maximum absolute atomic E-state index is 14.1. The van der Waals surface area contributed by atoms with E-state index in [0.717, 1.165) is 75.6 Å². The summed E-state index contributed by atoms with van der Waals surface area (Å²) in [5.74, 6) is 0.912. The van der Waals surface area contributed by atoms with Crippen molar-refractivity contribution >= 4 is 27.4 Å². The summed E-state index contributed by atoms with van der Waals surface area (Å²) in [4.78, 5) is 8.92. The number of aromatic nitrogens is 1. The van der Waals surface area contributed by atoms with E-state index in [9.17, 15) is 12.8 Å². The Balaban J connectivity index is 1.29. The van der Waals surface area contributed by atoms with Crippen LogP contribution in [-0.4, -0.2) is 62.7 Å². The van der Waals surface area contributed by atoms with Gasteiger partial charge in [0.1, 0.15) is 10.7 Å². The first kappa shape index (κ1) is 25.2. The third-order valence-corrected chi connectivity index (χ3v) is 8.22. The lowest BCUT2D eigenvalue weighted by Crippen LogP contribution is -2.52. The second-order valence-corrected chi connectivity index (χ2v) is 11.3. The predicted octanol–water partition coefficient (Wildman–Crippen LogP) is 4.07. The predicted molar refractivity (Wildman–Crippen MR) is 132 cm³/mol. The summed E-state index contributed by atoms with van der Waals surface area (Å²) in [6.07, 6.45) is 5.13.